The molecule has 1 aliphatic heterocycles. The molecule has 3 aromatic rings. The van der Waals surface area contributed by atoms with E-state index in [4.69, 9.17) is 11.6 Å². The maximum atomic E-state index is 13.4. The molecular weight excluding hydrogens is 470 g/mol. The summed E-state index contributed by atoms with van der Waals surface area (Å²) in [5, 5.41) is 11.3. The van der Waals surface area contributed by atoms with E-state index in [1.54, 1.807) is 36.4 Å². The van der Waals surface area contributed by atoms with Crippen LogP contribution in [0.3, 0.4) is 0 Å². The Morgan fingerprint density at radius 3 is 2.20 bits per heavy atom. The second kappa shape index (κ2) is 10.1. The number of nitrogens with zero attached hydrogens (tertiary/aromatic N) is 3. The molecule has 0 atom stereocenters. The third-order valence-corrected chi connectivity index (χ3v) is 6.20. The lowest BCUT2D eigenvalue weighted by Gasteiger charge is -2.24. The number of benzene rings is 3. The minimum Gasteiger partial charge on any atom is -0.308 e. The number of imide groups is 1. The predicted molar refractivity (Wildman–Crippen MR) is 132 cm³/mol. The van der Waals surface area contributed by atoms with Gasteiger partial charge in [0.25, 0.3) is 23.4 Å². The standard InChI is InChI=1S/C26H22ClN3O5/c1-17-8-10-18(11-9-17)28(26(33)22-16-19(30(34)35)12-13-23(22)27)14-4-5-15-29-24(31)20-6-2-3-7-21(20)25(29)32/h2-3,6-13,16H,4-5,14-15H2,1H3. The van der Waals surface area contributed by atoms with E-state index in [1.165, 1.54) is 28.0 Å². The molecular formula is C26H22ClN3O5. The molecule has 0 aliphatic carbocycles. The number of hydrogen-bond acceptors (Lipinski definition) is 5. The second-order valence-electron chi connectivity index (χ2n) is 8.23. The van der Waals surface area contributed by atoms with Gasteiger partial charge in [0.1, 0.15) is 0 Å². The number of nitro groups is 1. The molecule has 0 saturated carbocycles. The lowest BCUT2D eigenvalue weighted by Crippen LogP contribution is -2.34. The highest BCUT2D eigenvalue weighted by Crippen LogP contribution is 2.27. The van der Waals surface area contributed by atoms with Crippen molar-refractivity contribution in [3.8, 4) is 0 Å². The number of amides is 3. The van der Waals surface area contributed by atoms with E-state index < -0.39 is 10.8 Å². The number of rotatable bonds is 8. The maximum absolute atomic E-state index is 13.4. The summed E-state index contributed by atoms with van der Waals surface area (Å²) in [6.45, 7) is 2.42. The van der Waals surface area contributed by atoms with E-state index >= 15 is 0 Å². The topological polar surface area (TPSA) is 101 Å². The van der Waals surface area contributed by atoms with Gasteiger partial charge in [-0.05, 0) is 50.1 Å². The van der Waals surface area contributed by atoms with E-state index in [9.17, 15) is 24.5 Å². The van der Waals surface area contributed by atoms with Gasteiger partial charge in [-0.3, -0.25) is 29.4 Å². The fourth-order valence-corrected chi connectivity index (χ4v) is 4.19. The number of non-ortho nitro benzene ring substituents is 1. The van der Waals surface area contributed by atoms with Gasteiger partial charge in [-0.15, -0.1) is 0 Å². The van der Waals surface area contributed by atoms with Crippen molar-refractivity contribution in [2.75, 3.05) is 18.0 Å². The molecule has 0 unspecified atom stereocenters. The molecule has 35 heavy (non-hydrogen) atoms. The summed E-state index contributed by atoms with van der Waals surface area (Å²) in [4.78, 5) is 51.9. The zero-order chi connectivity index (χ0) is 25.1. The van der Waals surface area contributed by atoms with E-state index in [1.807, 2.05) is 19.1 Å². The summed E-state index contributed by atoms with van der Waals surface area (Å²) < 4.78 is 0. The molecule has 8 nitrogen and oxygen atoms in total. The minimum absolute atomic E-state index is 0.0294. The fourth-order valence-electron chi connectivity index (χ4n) is 3.99. The van der Waals surface area contributed by atoms with Gasteiger partial charge in [-0.25, -0.2) is 0 Å². The lowest BCUT2D eigenvalue weighted by atomic mass is 10.1. The van der Waals surface area contributed by atoms with Crippen LogP contribution < -0.4 is 4.90 Å². The largest absolute Gasteiger partial charge is 0.308 e. The first-order valence-electron chi connectivity index (χ1n) is 11.1. The first-order valence-corrected chi connectivity index (χ1v) is 11.4. The van der Waals surface area contributed by atoms with Crippen molar-refractivity contribution >= 4 is 40.7 Å². The van der Waals surface area contributed by atoms with Crippen molar-refractivity contribution in [2.24, 2.45) is 0 Å². The average Bonchev–Trinajstić information content (AvgIpc) is 3.09. The molecule has 0 aromatic heterocycles. The van der Waals surface area contributed by atoms with Crippen LogP contribution in [0.4, 0.5) is 11.4 Å². The number of halogens is 1. The number of anilines is 1. The Balaban J connectivity index is 1.50. The highest BCUT2D eigenvalue weighted by Gasteiger charge is 2.34. The van der Waals surface area contributed by atoms with Crippen molar-refractivity contribution < 1.29 is 19.3 Å². The number of aryl methyl sites for hydroxylation is 1. The molecule has 0 radical (unpaired) electrons. The van der Waals surface area contributed by atoms with Crippen LogP contribution in [0, 0.1) is 17.0 Å². The number of nitro benzene ring substituents is 1. The number of fused-ring (bicyclic) bond motifs is 1. The van der Waals surface area contributed by atoms with E-state index in [-0.39, 0.29) is 41.2 Å². The smallest absolute Gasteiger partial charge is 0.270 e. The minimum atomic E-state index is -0.578. The highest BCUT2D eigenvalue weighted by molar-refractivity contribution is 6.34. The third-order valence-electron chi connectivity index (χ3n) is 5.87. The molecule has 3 amide bonds. The first-order chi connectivity index (χ1) is 16.8. The Kier molecular flexibility index (Phi) is 6.93. The van der Waals surface area contributed by atoms with Crippen LogP contribution >= 0.6 is 11.6 Å². The molecule has 0 fully saturated rings. The van der Waals surface area contributed by atoms with Gasteiger partial charge in [0.15, 0.2) is 0 Å². The van der Waals surface area contributed by atoms with Gasteiger partial charge >= 0.3 is 0 Å². The summed E-state index contributed by atoms with van der Waals surface area (Å²) >= 11 is 6.22. The number of carbonyl (C=O) groups excluding carboxylic acids is 3. The molecule has 3 aromatic carbocycles. The van der Waals surface area contributed by atoms with Gasteiger partial charge in [-0.2, -0.15) is 0 Å². The SMILES string of the molecule is Cc1ccc(N(CCCCN2C(=O)c3ccccc3C2=O)C(=O)c2cc([N+](=O)[O-])ccc2Cl)cc1. The molecule has 0 spiro atoms. The van der Waals surface area contributed by atoms with Crippen LogP contribution in [0.25, 0.3) is 0 Å². The van der Waals surface area contributed by atoms with E-state index in [2.05, 4.69) is 0 Å². The van der Waals surface area contributed by atoms with Crippen molar-refractivity contribution in [3.63, 3.8) is 0 Å². The van der Waals surface area contributed by atoms with E-state index in [0.29, 0.717) is 29.7 Å². The number of hydrogen-bond donors (Lipinski definition) is 0. The zero-order valence-electron chi connectivity index (χ0n) is 18.9. The predicted octanol–water partition coefficient (Wildman–Crippen LogP) is 5.28. The molecule has 9 heteroatoms. The van der Waals surface area contributed by atoms with E-state index in [0.717, 1.165) is 5.56 Å². The van der Waals surface area contributed by atoms with Gasteiger partial charge in [0.05, 0.1) is 26.6 Å². The second-order valence-corrected chi connectivity index (χ2v) is 8.64. The summed E-state index contributed by atoms with van der Waals surface area (Å²) in [5.74, 6) is -1.11. The zero-order valence-corrected chi connectivity index (χ0v) is 19.7. The van der Waals surface area contributed by atoms with Gasteiger partial charge in [-0.1, -0.05) is 41.4 Å². The molecule has 0 N–H and O–H groups in total. The quantitative estimate of drug-likeness (QED) is 0.185. The van der Waals surface area contributed by atoms with Crippen molar-refractivity contribution in [2.45, 2.75) is 19.8 Å². The molecule has 0 bridgehead atoms. The lowest BCUT2D eigenvalue weighted by molar-refractivity contribution is -0.384. The van der Waals surface area contributed by atoms with Crippen LogP contribution in [-0.2, 0) is 0 Å². The van der Waals surface area contributed by atoms with Crippen LogP contribution in [-0.4, -0.2) is 40.6 Å². The average molecular weight is 492 g/mol. The Bertz CT molecular complexity index is 1290. The highest BCUT2D eigenvalue weighted by atomic mass is 35.5. The van der Waals surface area contributed by atoms with Crippen LogP contribution in [0.5, 0.6) is 0 Å². The summed E-state index contributed by atoms with van der Waals surface area (Å²) in [7, 11) is 0. The molecule has 1 aliphatic rings. The molecule has 1 heterocycles. The fraction of sp³-hybridized carbons (Fsp3) is 0.192. The summed E-state index contributed by atoms with van der Waals surface area (Å²) in [6, 6.07) is 17.8. The number of carbonyl (C=O) groups is 3. The Labute approximate surface area is 206 Å². The van der Waals surface area contributed by atoms with Gasteiger partial charge in [0, 0.05) is 30.9 Å². The normalized spacial score (nSPS) is 12.6. The Hall–Kier alpha value is -4.04. The van der Waals surface area contributed by atoms with Crippen LogP contribution in [0.1, 0.15) is 49.5 Å². The monoisotopic (exact) mass is 491 g/mol. The Morgan fingerprint density at radius 2 is 1.60 bits per heavy atom. The van der Waals surface area contributed by atoms with Gasteiger partial charge < -0.3 is 4.90 Å². The molecule has 0 saturated heterocycles. The van der Waals surface area contributed by atoms with Gasteiger partial charge in [0.2, 0.25) is 0 Å². The maximum Gasteiger partial charge on any atom is 0.270 e. The molecule has 178 valence electrons. The van der Waals surface area contributed by atoms with Crippen molar-refractivity contribution in [1.82, 2.24) is 4.90 Å². The molecule has 4 rings (SSSR count). The van der Waals surface area contributed by atoms with Crippen LogP contribution in [0.15, 0.2) is 66.7 Å². The number of unbranched alkanes of at least 4 members (excludes halogenated alkanes) is 1. The van der Waals surface area contributed by atoms with Crippen molar-refractivity contribution in [3.05, 3.63) is 104 Å². The van der Waals surface area contributed by atoms with Crippen LogP contribution in [0.2, 0.25) is 5.02 Å². The summed E-state index contributed by atoms with van der Waals surface area (Å²) in [5.41, 5.74) is 2.22. The first kappa shape index (κ1) is 24.1. The Morgan fingerprint density at radius 1 is 0.971 bits per heavy atom. The van der Waals surface area contributed by atoms with Crippen molar-refractivity contribution in [1.29, 1.82) is 0 Å². The summed E-state index contributed by atoms with van der Waals surface area (Å²) in [6.07, 6.45) is 0.962. The third kappa shape index (κ3) is 4.93.